The molecule has 0 aromatic heterocycles. The van der Waals surface area contributed by atoms with Crippen LogP contribution in [0.25, 0.3) is 0 Å². The fraction of sp³-hybridized carbons (Fsp3) is 0.759. The molecule has 4 rings (SSSR count). The Balaban J connectivity index is 1.42. The number of carbonyl (C=O) groups is 1. The van der Waals surface area contributed by atoms with Gasteiger partial charge >= 0.3 is 0 Å². The van der Waals surface area contributed by atoms with Gasteiger partial charge < -0.3 is 10.4 Å². The number of amides is 1. The van der Waals surface area contributed by atoms with Gasteiger partial charge in [0, 0.05) is 32.6 Å². The van der Waals surface area contributed by atoms with Crippen LogP contribution in [-0.4, -0.2) is 33.3 Å². The van der Waals surface area contributed by atoms with Gasteiger partial charge in [-0.15, -0.1) is 23.5 Å². The Bertz CT molecular complexity index is 850. The normalized spacial score (nSPS) is 29.4. The van der Waals surface area contributed by atoms with E-state index < -0.39 is 0 Å². The van der Waals surface area contributed by atoms with Gasteiger partial charge in [0.1, 0.15) is 5.75 Å². The summed E-state index contributed by atoms with van der Waals surface area (Å²) in [6.45, 7) is 13.1. The molecule has 190 valence electrons. The average molecular weight is 504 g/mol. The molecule has 1 aromatic carbocycles. The Kier molecular flexibility index (Phi) is 7.94. The fourth-order valence-electron chi connectivity index (χ4n) is 6.24. The lowest BCUT2D eigenvalue weighted by molar-refractivity contribution is -0.119. The van der Waals surface area contributed by atoms with Crippen molar-refractivity contribution >= 4 is 29.4 Å². The zero-order valence-corrected chi connectivity index (χ0v) is 23.7. The van der Waals surface area contributed by atoms with Crippen molar-refractivity contribution in [3.63, 3.8) is 0 Å². The summed E-state index contributed by atoms with van der Waals surface area (Å²) < 4.78 is 0. The molecule has 1 amide bonds. The third kappa shape index (κ3) is 6.11. The molecule has 2 N–H and O–H groups in total. The summed E-state index contributed by atoms with van der Waals surface area (Å²) in [5, 5.41) is 15.5. The molecule has 3 aliphatic rings. The molecule has 0 saturated heterocycles. The summed E-state index contributed by atoms with van der Waals surface area (Å²) in [7, 11) is 0. The van der Waals surface area contributed by atoms with Crippen LogP contribution in [-0.2, 0) is 15.6 Å². The summed E-state index contributed by atoms with van der Waals surface area (Å²) in [4.78, 5) is 14.0. The minimum Gasteiger partial charge on any atom is -0.507 e. The van der Waals surface area contributed by atoms with Gasteiger partial charge in [-0.3, -0.25) is 4.79 Å². The number of thioether (sulfide) groups is 2. The van der Waals surface area contributed by atoms with E-state index in [0.717, 1.165) is 23.0 Å². The highest BCUT2D eigenvalue weighted by atomic mass is 32.2. The maximum atomic E-state index is 12.8. The highest BCUT2D eigenvalue weighted by Gasteiger charge is 2.40. The molecule has 0 radical (unpaired) electrons. The van der Waals surface area contributed by atoms with Crippen molar-refractivity contribution in [2.75, 3.05) is 5.75 Å². The van der Waals surface area contributed by atoms with Crippen LogP contribution in [0.1, 0.15) is 104 Å². The number of phenols is 1. The molecule has 3 saturated carbocycles. The predicted octanol–water partition coefficient (Wildman–Crippen LogP) is 7.43. The molecule has 0 aliphatic heterocycles. The number of phenolic OH excluding ortho intramolecular Hbond substituents is 1. The van der Waals surface area contributed by atoms with Gasteiger partial charge in [0.15, 0.2) is 0 Å². The lowest BCUT2D eigenvalue weighted by Crippen LogP contribution is -2.40. The van der Waals surface area contributed by atoms with E-state index in [1.807, 2.05) is 23.5 Å². The van der Waals surface area contributed by atoms with E-state index in [1.165, 1.54) is 56.3 Å². The molecule has 3 fully saturated rings. The van der Waals surface area contributed by atoms with Crippen LogP contribution in [0.3, 0.4) is 0 Å². The molecule has 0 heterocycles. The van der Waals surface area contributed by atoms with E-state index in [2.05, 4.69) is 59.0 Å². The molecule has 2 bridgehead atoms. The minimum atomic E-state index is -0.112. The van der Waals surface area contributed by atoms with Gasteiger partial charge in [0.05, 0.1) is 5.75 Å². The SMILES string of the molecule is CC(C)(C)c1cc(S[C@@H]2CCCC[C@H]2SCC(=O)NC2CC3CCC2C3)cc(C(C)(C)C)c1O. The number of hydrogen-bond donors (Lipinski definition) is 2. The van der Waals surface area contributed by atoms with E-state index in [9.17, 15) is 9.90 Å². The second kappa shape index (κ2) is 10.3. The van der Waals surface area contributed by atoms with E-state index >= 15 is 0 Å². The largest absolute Gasteiger partial charge is 0.507 e. The molecule has 34 heavy (non-hydrogen) atoms. The molecule has 0 spiro atoms. The topological polar surface area (TPSA) is 49.3 Å². The third-order valence-electron chi connectivity index (χ3n) is 8.14. The molecule has 5 heteroatoms. The maximum Gasteiger partial charge on any atom is 0.230 e. The second-order valence-corrected chi connectivity index (χ2v) is 15.5. The Hall–Kier alpha value is -0.810. The van der Waals surface area contributed by atoms with Crippen molar-refractivity contribution in [1.82, 2.24) is 5.32 Å². The highest BCUT2D eigenvalue weighted by Crippen LogP contribution is 2.46. The van der Waals surface area contributed by atoms with Crippen molar-refractivity contribution < 1.29 is 9.90 Å². The lowest BCUT2D eigenvalue weighted by Gasteiger charge is -2.32. The highest BCUT2D eigenvalue weighted by molar-refractivity contribution is 8.04. The van der Waals surface area contributed by atoms with Crippen molar-refractivity contribution in [2.24, 2.45) is 11.8 Å². The molecular formula is C29H45NO2S2. The number of carbonyl (C=O) groups excluding carboxylic acids is 1. The number of benzene rings is 1. The zero-order valence-electron chi connectivity index (χ0n) is 22.1. The number of hydrogen-bond acceptors (Lipinski definition) is 4. The Labute approximate surface area is 216 Å². The molecule has 1 aromatic rings. The van der Waals surface area contributed by atoms with E-state index in [0.29, 0.717) is 28.0 Å². The molecular weight excluding hydrogens is 458 g/mol. The number of fused-ring (bicyclic) bond motifs is 2. The standard InChI is InChI=1S/C29H45NO2S2/c1-28(2,3)21-15-20(16-22(27(21)32)29(4,5)6)34-25-10-8-7-9-24(25)33-17-26(31)30-23-14-18-11-12-19(23)13-18/h15-16,18-19,23-25,32H,7-14,17H2,1-6H3,(H,30,31)/t18?,19?,23?,24-,25-/m1/s1. The summed E-state index contributed by atoms with van der Waals surface area (Å²) in [5.74, 6) is 2.89. The van der Waals surface area contributed by atoms with Crippen molar-refractivity contribution in [2.45, 2.75) is 125 Å². The number of nitrogens with one attached hydrogen (secondary N) is 1. The summed E-state index contributed by atoms with van der Waals surface area (Å²) >= 11 is 3.85. The molecule has 3 unspecified atom stereocenters. The fourth-order valence-corrected chi connectivity index (χ4v) is 9.06. The van der Waals surface area contributed by atoms with Crippen LogP contribution in [0.5, 0.6) is 5.75 Å². The lowest BCUT2D eigenvalue weighted by atomic mass is 9.79. The van der Waals surface area contributed by atoms with E-state index in [4.69, 9.17) is 0 Å². The Morgan fingerprint density at radius 2 is 1.56 bits per heavy atom. The summed E-state index contributed by atoms with van der Waals surface area (Å²) in [6.07, 6.45) is 10.1. The van der Waals surface area contributed by atoms with E-state index in [-0.39, 0.29) is 16.7 Å². The van der Waals surface area contributed by atoms with Gasteiger partial charge in [-0.1, -0.05) is 60.8 Å². The van der Waals surface area contributed by atoms with Crippen molar-refractivity contribution in [3.05, 3.63) is 23.3 Å². The van der Waals surface area contributed by atoms with E-state index in [1.54, 1.807) is 0 Å². The summed E-state index contributed by atoms with van der Waals surface area (Å²) in [6, 6.07) is 4.87. The number of rotatable bonds is 6. The number of aromatic hydroxyl groups is 1. The van der Waals surface area contributed by atoms with Crippen LogP contribution in [0.15, 0.2) is 17.0 Å². The Morgan fingerprint density at radius 3 is 2.09 bits per heavy atom. The van der Waals surface area contributed by atoms with Gasteiger partial charge in [0.2, 0.25) is 5.91 Å². The first-order chi connectivity index (χ1) is 15.9. The van der Waals surface area contributed by atoms with Gasteiger partial charge in [-0.2, -0.15) is 0 Å². The first-order valence-electron chi connectivity index (χ1n) is 13.4. The van der Waals surface area contributed by atoms with Crippen LogP contribution >= 0.6 is 23.5 Å². The third-order valence-corrected chi connectivity index (χ3v) is 11.1. The van der Waals surface area contributed by atoms with Crippen LogP contribution in [0, 0.1) is 11.8 Å². The quantitative estimate of drug-likeness (QED) is 0.424. The van der Waals surface area contributed by atoms with Crippen LogP contribution < -0.4 is 5.32 Å². The summed E-state index contributed by atoms with van der Waals surface area (Å²) in [5.41, 5.74) is 1.85. The smallest absolute Gasteiger partial charge is 0.230 e. The first-order valence-corrected chi connectivity index (χ1v) is 15.3. The maximum absolute atomic E-state index is 12.8. The molecule has 5 atom stereocenters. The first kappa shape index (κ1) is 26.3. The zero-order chi connectivity index (χ0) is 24.7. The van der Waals surface area contributed by atoms with Crippen LogP contribution in [0.4, 0.5) is 0 Å². The average Bonchev–Trinajstić information content (AvgIpc) is 3.36. The monoisotopic (exact) mass is 503 g/mol. The van der Waals surface area contributed by atoms with Gasteiger partial charge in [-0.05, 0) is 66.9 Å². The van der Waals surface area contributed by atoms with Crippen molar-refractivity contribution in [3.8, 4) is 5.75 Å². The van der Waals surface area contributed by atoms with Crippen LogP contribution in [0.2, 0.25) is 0 Å². The van der Waals surface area contributed by atoms with Crippen molar-refractivity contribution in [1.29, 1.82) is 0 Å². The molecule has 3 aliphatic carbocycles. The van der Waals surface area contributed by atoms with Gasteiger partial charge in [0.25, 0.3) is 0 Å². The minimum absolute atomic E-state index is 0.112. The molecule has 3 nitrogen and oxygen atoms in total. The predicted molar refractivity (Wildman–Crippen MR) is 147 cm³/mol. The Morgan fingerprint density at radius 1 is 0.941 bits per heavy atom. The second-order valence-electron chi connectivity index (χ2n) is 13.0. The van der Waals surface area contributed by atoms with Gasteiger partial charge in [-0.25, -0.2) is 0 Å².